The van der Waals surface area contributed by atoms with Gasteiger partial charge in [0.1, 0.15) is 6.54 Å². The zero-order valence-electron chi connectivity index (χ0n) is 4.57. The summed E-state index contributed by atoms with van der Waals surface area (Å²) >= 11 is 1.33. The minimum atomic E-state index is -0.835. The van der Waals surface area contributed by atoms with E-state index in [1.807, 2.05) is 0 Å². The monoisotopic (exact) mass is 146 g/mol. The van der Waals surface area contributed by atoms with E-state index in [-0.39, 0.29) is 6.54 Å². The molecule has 2 N–H and O–H groups in total. The summed E-state index contributed by atoms with van der Waals surface area (Å²) < 4.78 is 1.52. The summed E-state index contributed by atoms with van der Waals surface area (Å²) in [6.07, 6.45) is 1.69. The van der Waals surface area contributed by atoms with Crippen molar-refractivity contribution in [1.29, 1.82) is 0 Å². The SMILES string of the molecule is O=C(O)CN1NC=CS1. The Morgan fingerprint density at radius 1 is 1.89 bits per heavy atom. The highest BCUT2D eigenvalue weighted by Gasteiger charge is 2.09. The topological polar surface area (TPSA) is 52.6 Å². The maximum atomic E-state index is 10.0. The molecule has 0 aromatic rings. The van der Waals surface area contributed by atoms with Crippen LogP contribution in [0.4, 0.5) is 0 Å². The molecule has 0 aliphatic carbocycles. The number of hydrogen-bond acceptors (Lipinski definition) is 4. The van der Waals surface area contributed by atoms with Gasteiger partial charge in [0.15, 0.2) is 0 Å². The first-order valence-electron chi connectivity index (χ1n) is 2.36. The van der Waals surface area contributed by atoms with Gasteiger partial charge in [-0.05, 0) is 11.9 Å². The van der Waals surface area contributed by atoms with E-state index in [9.17, 15) is 4.79 Å². The van der Waals surface area contributed by atoms with Crippen molar-refractivity contribution in [3.8, 4) is 0 Å². The molecular formula is C4H6N2O2S. The van der Waals surface area contributed by atoms with Crippen LogP contribution in [-0.2, 0) is 4.79 Å². The van der Waals surface area contributed by atoms with Gasteiger partial charge in [0.2, 0.25) is 0 Å². The Bertz CT molecular complexity index is 140. The van der Waals surface area contributed by atoms with Gasteiger partial charge in [0.25, 0.3) is 0 Å². The number of hydrazine groups is 1. The van der Waals surface area contributed by atoms with Crippen LogP contribution in [0.2, 0.25) is 0 Å². The molecule has 0 fully saturated rings. The van der Waals surface area contributed by atoms with Gasteiger partial charge in [-0.2, -0.15) is 4.41 Å². The number of carboxylic acid groups (broad SMARTS) is 1. The standard InChI is InChI=1S/C4H6N2O2S/c7-4(8)3-6-5-1-2-9-6/h1-2,5H,3H2,(H,7,8). The first kappa shape index (κ1) is 6.44. The zero-order valence-corrected chi connectivity index (χ0v) is 5.39. The highest BCUT2D eigenvalue weighted by atomic mass is 32.2. The van der Waals surface area contributed by atoms with Crippen LogP contribution in [0.3, 0.4) is 0 Å². The Hall–Kier alpha value is -0.680. The lowest BCUT2D eigenvalue weighted by molar-refractivity contribution is -0.137. The van der Waals surface area contributed by atoms with E-state index in [0.717, 1.165) is 0 Å². The van der Waals surface area contributed by atoms with E-state index < -0.39 is 5.97 Å². The van der Waals surface area contributed by atoms with Crippen molar-refractivity contribution < 1.29 is 9.90 Å². The summed E-state index contributed by atoms with van der Waals surface area (Å²) in [5.74, 6) is -0.835. The van der Waals surface area contributed by atoms with Gasteiger partial charge < -0.3 is 10.5 Å². The number of hydrogen-bond donors (Lipinski definition) is 2. The van der Waals surface area contributed by atoms with Crippen LogP contribution in [0, 0.1) is 0 Å². The van der Waals surface area contributed by atoms with Gasteiger partial charge in [-0.15, -0.1) is 0 Å². The molecule has 0 unspecified atom stereocenters. The molecule has 0 aromatic carbocycles. The normalized spacial score (nSPS) is 17.8. The molecule has 0 spiro atoms. The average Bonchev–Trinajstić information content (AvgIpc) is 2.15. The summed E-state index contributed by atoms with van der Waals surface area (Å²) in [6, 6.07) is 0. The van der Waals surface area contributed by atoms with Crippen molar-refractivity contribution in [1.82, 2.24) is 9.84 Å². The third kappa shape index (κ3) is 1.95. The van der Waals surface area contributed by atoms with Crippen molar-refractivity contribution in [2.45, 2.75) is 0 Å². The Kier molecular flexibility index (Phi) is 1.96. The molecule has 5 heteroatoms. The fourth-order valence-corrected chi connectivity index (χ4v) is 1.03. The molecule has 1 aliphatic rings. The van der Waals surface area contributed by atoms with Gasteiger partial charge in [-0.3, -0.25) is 4.79 Å². The van der Waals surface area contributed by atoms with Crippen molar-refractivity contribution in [2.24, 2.45) is 0 Å². The largest absolute Gasteiger partial charge is 0.480 e. The maximum Gasteiger partial charge on any atom is 0.320 e. The Morgan fingerprint density at radius 2 is 2.67 bits per heavy atom. The molecule has 0 atom stereocenters. The molecule has 1 aliphatic heterocycles. The third-order valence-electron chi connectivity index (χ3n) is 0.754. The van der Waals surface area contributed by atoms with Crippen LogP contribution < -0.4 is 5.43 Å². The van der Waals surface area contributed by atoms with Crippen LogP contribution in [0.25, 0.3) is 0 Å². The van der Waals surface area contributed by atoms with E-state index in [0.29, 0.717) is 0 Å². The van der Waals surface area contributed by atoms with Crippen molar-refractivity contribution in [3.05, 3.63) is 11.6 Å². The van der Waals surface area contributed by atoms with Crippen LogP contribution in [0.5, 0.6) is 0 Å². The maximum absolute atomic E-state index is 10.0. The van der Waals surface area contributed by atoms with Crippen molar-refractivity contribution in [2.75, 3.05) is 6.54 Å². The number of carboxylic acids is 1. The molecule has 50 valence electrons. The predicted molar refractivity (Wildman–Crippen MR) is 34.2 cm³/mol. The minimum absolute atomic E-state index is 0.0116. The smallest absolute Gasteiger partial charge is 0.320 e. The first-order chi connectivity index (χ1) is 4.29. The molecule has 0 saturated carbocycles. The Labute approximate surface area is 56.6 Å². The second kappa shape index (κ2) is 2.75. The Balaban J connectivity index is 2.22. The predicted octanol–water partition coefficient (Wildman–Crippen LogP) is 0.0106. The van der Waals surface area contributed by atoms with Crippen LogP contribution in [0.1, 0.15) is 0 Å². The van der Waals surface area contributed by atoms with E-state index in [4.69, 9.17) is 5.11 Å². The lowest BCUT2D eigenvalue weighted by Gasteiger charge is -2.09. The van der Waals surface area contributed by atoms with E-state index in [1.54, 1.807) is 11.6 Å². The Morgan fingerprint density at radius 3 is 3.11 bits per heavy atom. The number of nitrogens with one attached hydrogen (secondary N) is 1. The molecule has 0 saturated heterocycles. The number of carbonyl (C=O) groups is 1. The first-order valence-corrected chi connectivity index (χ1v) is 3.20. The van der Waals surface area contributed by atoms with E-state index in [1.165, 1.54) is 16.4 Å². The summed E-state index contributed by atoms with van der Waals surface area (Å²) in [4.78, 5) is 10.0. The fraction of sp³-hybridized carbons (Fsp3) is 0.250. The average molecular weight is 146 g/mol. The van der Waals surface area contributed by atoms with Gasteiger partial charge >= 0.3 is 5.97 Å². The van der Waals surface area contributed by atoms with Gasteiger partial charge in [-0.1, -0.05) is 0 Å². The van der Waals surface area contributed by atoms with E-state index >= 15 is 0 Å². The molecule has 1 heterocycles. The molecule has 0 aromatic heterocycles. The number of nitrogens with zero attached hydrogens (tertiary/aromatic N) is 1. The molecule has 0 radical (unpaired) electrons. The zero-order chi connectivity index (χ0) is 6.69. The summed E-state index contributed by atoms with van der Waals surface area (Å²) in [5, 5.41) is 10.0. The second-order valence-electron chi connectivity index (χ2n) is 1.47. The van der Waals surface area contributed by atoms with Crippen molar-refractivity contribution >= 4 is 17.9 Å². The second-order valence-corrected chi connectivity index (χ2v) is 2.39. The highest BCUT2D eigenvalue weighted by Crippen LogP contribution is 2.11. The summed E-state index contributed by atoms with van der Waals surface area (Å²) in [7, 11) is 0. The lowest BCUT2D eigenvalue weighted by atomic mass is 10.7. The molecule has 0 bridgehead atoms. The van der Waals surface area contributed by atoms with Gasteiger partial charge in [0, 0.05) is 11.6 Å². The van der Waals surface area contributed by atoms with Crippen molar-refractivity contribution in [3.63, 3.8) is 0 Å². The van der Waals surface area contributed by atoms with Gasteiger partial charge in [0.05, 0.1) is 0 Å². The summed E-state index contributed by atoms with van der Waals surface area (Å²) in [6.45, 7) is 0.0116. The van der Waals surface area contributed by atoms with Crippen LogP contribution >= 0.6 is 11.9 Å². The van der Waals surface area contributed by atoms with E-state index in [2.05, 4.69) is 5.43 Å². The third-order valence-corrected chi connectivity index (χ3v) is 1.50. The van der Waals surface area contributed by atoms with Crippen LogP contribution in [0.15, 0.2) is 11.6 Å². The van der Waals surface area contributed by atoms with Crippen LogP contribution in [-0.4, -0.2) is 22.0 Å². The fourth-order valence-electron chi connectivity index (χ4n) is 0.454. The molecule has 0 amide bonds. The minimum Gasteiger partial charge on any atom is -0.480 e. The molecule has 4 nitrogen and oxygen atoms in total. The summed E-state index contributed by atoms with van der Waals surface area (Å²) in [5.41, 5.74) is 2.72. The molecule has 9 heavy (non-hydrogen) atoms. The molecular weight excluding hydrogens is 140 g/mol. The van der Waals surface area contributed by atoms with Gasteiger partial charge in [-0.25, -0.2) is 0 Å². The number of rotatable bonds is 2. The molecule has 1 rings (SSSR count). The number of aliphatic carboxylic acids is 1. The highest BCUT2D eigenvalue weighted by molar-refractivity contribution is 8.00. The quantitative estimate of drug-likeness (QED) is 0.537. The lowest BCUT2D eigenvalue weighted by Crippen LogP contribution is -2.29.